The first kappa shape index (κ1) is 18.2. The molecule has 2 saturated heterocycles. The lowest BCUT2D eigenvalue weighted by Gasteiger charge is -2.25. The van der Waals surface area contributed by atoms with E-state index < -0.39 is 0 Å². The molecule has 2 aliphatic rings. The van der Waals surface area contributed by atoms with Gasteiger partial charge in [0.2, 0.25) is 5.91 Å². The van der Waals surface area contributed by atoms with Crippen molar-refractivity contribution in [3.63, 3.8) is 0 Å². The molecule has 2 heterocycles. The number of nitrogens with zero attached hydrogens (tertiary/aromatic N) is 2. The average Bonchev–Trinajstić information content (AvgIpc) is 3.11. The number of rotatable bonds is 4. The van der Waals surface area contributed by atoms with Gasteiger partial charge in [0.25, 0.3) is 0 Å². The number of nitrogens with two attached hydrogens (primary N) is 1. The van der Waals surface area contributed by atoms with Crippen LogP contribution in [0.2, 0.25) is 0 Å². The fourth-order valence-electron chi connectivity index (χ4n) is 4.01. The Morgan fingerprint density at radius 2 is 1.91 bits per heavy atom. The summed E-state index contributed by atoms with van der Waals surface area (Å²) >= 11 is 0. The molecule has 0 saturated carbocycles. The molecule has 128 valence electrons. The zero-order chi connectivity index (χ0) is 15.7. The maximum absolute atomic E-state index is 12.6. The topological polar surface area (TPSA) is 49.6 Å². The van der Waals surface area contributed by atoms with Gasteiger partial charge in [-0.1, -0.05) is 30.3 Å². The van der Waals surface area contributed by atoms with Gasteiger partial charge in [-0.15, -0.1) is 12.4 Å². The summed E-state index contributed by atoms with van der Waals surface area (Å²) in [6.07, 6.45) is 0.954. The molecule has 1 amide bonds. The van der Waals surface area contributed by atoms with Crippen molar-refractivity contribution < 1.29 is 4.79 Å². The average molecular weight is 338 g/mol. The third-order valence-corrected chi connectivity index (χ3v) is 5.28. The Hall–Kier alpha value is -1.10. The third-order valence-electron chi connectivity index (χ3n) is 5.28. The van der Waals surface area contributed by atoms with Crippen LogP contribution in [0.3, 0.4) is 0 Å². The molecule has 4 nitrogen and oxygen atoms in total. The van der Waals surface area contributed by atoms with Crippen molar-refractivity contribution in [3.05, 3.63) is 35.9 Å². The molecule has 5 heteroatoms. The van der Waals surface area contributed by atoms with Crippen LogP contribution < -0.4 is 5.73 Å². The van der Waals surface area contributed by atoms with Crippen LogP contribution in [0.25, 0.3) is 0 Å². The molecule has 1 aromatic rings. The Balaban J connectivity index is 0.00000192. The number of likely N-dealkylation sites (tertiary alicyclic amines) is 2. The van der Waals surface area contributed by atoms with Crippen LogP contribution in [0, 0.1) is 5.92 Å². The Labute approximate surface area is 145 Å². The van der Waals surface area contributed by atoms with Crippen LogP contribution in [-0.4, -0.2) is 54.0 Å². The van der Waals surface area contributed by atoms with Gasteiger partial charge in [0.1, 0.15) is 0 Å². The standard InChI is InChI=1S/C18H27N3O.ClH/c1-13(2)21-9-8-17(18(21)22)20-11-15(10-19)16(12-20)14-6-4-3-5-7-14;/h3-7,13,15-17H,8-12,19H2,1-2H3;1H/t15-,16+,17?;/m1./s1. The van der Waals surface area contributed by atoms with Crippen molar-refractivity contribution in [3.8, 4) is 0 Å². The van der Waals surface area contributed by atoms with E-state index in [4.69, 9.17) is 5.73 Å². The van der Waals surface area contributed by atoms with Crippen molar-refractivity contribution in [2.45, 2.75) is 38.3 Å². The van der Waals surface area contributed by atoms with Crippen molar-refractivity contribution >= 4 is 18.3 Å². The van der Waals surface area contributed by atoms with Gasteiger partial charge in [0.05, 0.1) is 6.04 Å². The second-order valence-corrected chi connectivity index (χ2v) is 6.90. The van der Waals surface area contributed by atoms with Gasteiger partial charge in [0.15, 0.2) is 0 Å². The number of halogens is 1. The fourth-order valence-corrected chi connectivity index (χ4v) is 4.01. The largest absolute Gasteiger partial charge is 0.339 e. The van der Waals surface area contributed by atoms with Gasteiger partial charge in [-0.05, 0) is 38.3 Å². The van der Waals surface area contributed by atoms with E-state index in [1.165, 1.54) is 5.56 Å². The number of carbonyl (C=O) groups is 1. The molecule has 2 aliphatic heterocycles. The van der Waals surface area contributed by atoms with Crippen LogP contribution >= 0.6 is 12.4 Å². The summed E-state index contributed by atoms with van der Waals surface area (Å²) in [5.74, 6) is 1.20. The van der Waals surface area contributed by atoms with Crippen molar-refractivity contribution in [1.82, 2.24) is 9.80 Å². The molecule has 0 spiro atoms. The molecule has 3 rings (SSSR count). The summed E-state index contributed by atoms with van der Waals surface area (Å²) in [6, 6.07) is 11.0. The van der Waals surface area contributed by atoms with Gasteiger partial charge >= 0.3 is 0 Å². The summed E-state index contributed by atoms with van der Waals surface area (Å²) in [6.45, 7) is 7.66. The van der Waals surface area contributed by atoms with Gasteiger partial charge in [-0.3, -0.25) is 9.69 Å². The molecule has 23 heavy (non-hydrogen) atoms. The lowest BCUT2D eigenvalue weighted by atomic mass is 9.89. The summed E-state index contributed by atoms with van der Waals surface area (Å²) in [7, 11) is 0. The van der Waals surface area contributed by atoms with Gasteiger partial charge in [-0.2, -0.15) is 0 Å². The molecule has 0 aliphatic carbocycles. The number of benzene rings is 1. The first-order valence-electron chi connectivity index (χ1n) is 8.41. The predicted octanol–water partition coefficient (Wildman–Crippen LogP) is 2.09. The maximum atomic E-state index is 12.6. The molecule has 3 atom stereocenters. The molecular formula is C18H28ClN3O. The van der Waals surface area contributed by atoms with E-state index in [0.717, 1.165) is 26.1 Å². The highest BCUT2D eigenvalue weighted by Crippen LogP contribution is 2.35. The van der Waals surface area contributed by atoms with Gasteiger partial charge < -0.3 is 10.6 Å². The smallest absolute Gasteiger partial charge is 0.240 e. The molecule has 0 aromatic heterocycles. The normalized spacial score (nSPS) is 28.4. The highest BCUT2D eigenvalue weighted by Gasteiger charge is 2.42. The fraction of sp³-hybridized carbons (Fsp3) is 0.611. The second-order valence-electron chi connectivity index (χ2n) is 6.90. The van der Waals surface area contributed by atoms with E-state index in [9.17, 15) is 4.79 Å². The summed E-state index contributed by atoms with van der Waals surface area (Å²) < 4.78 is 0. The molecule has 1 aromatic carbocycles. The molecule has 0 radical (unpaired) electrons. The minimum Gasteiger partial charge on any atom is -0.339 e. The molecular weight excluding hydrogens is 310 g/mol. The van der Waals surface area contributed by atoms with Gasteiger partial charge in [-0.25, -0.2) is 0 Å². The van der Waals surface area contributed by atoms with Crippen LogP contribution in [0.4, 0.5) is 0 Å². The lowest BCUT2D eigenvalue weighted by molar-refractivity contribution is -0.133. The van der Waals surface area contributed by atoms with Crippen molar-refractivity contribution in [2.75, 3.05) is 26.2 Å². The summed E-state index contributed by atoms with van der Waals surface area (Å²) in [5.41, 5.74) is 7.36. The quantitative estimate of drug-likeness (QED) is 0.915. The van der Waals surface area contributed by atoms with Crippen LogP contribution in [0.5, 0.6) is 0 Å². The number of hydrogen-bond acceptors (Lipinski definition) is 3. The highest BCUT2D eigenvalue weighted by atomic mass is 35.5. The van der Waals surface area contributed by atoms with Crippen LogP contribution in [-0.2, 0) is 4.79 Å². The van der Waals surface area contributed by atoms with E-state index in [1.54, 1.807) is 0 Å². The maximum Gasteiger partial charge on any atom is 0.240 e. The van der Waals surface area contributed by atoms with Crippen LogP contribution in [0.15, 0.2) is 30.3 Å². The Morgan fingerprint density at radius 3 is 2.48 bits per heavy atom. The third kappa shape index (κ3) is 3.54. The second kappa shape index (κ2) is 7.65. The monoisotopic (exact) mass is 337 g/mol. The zero-order valence-corrected chi connectivity index (χ0v) is 14.8. The number of amides is 1. The first-order valence-corrected chi connectivity index (χ1v) is 8.41. The first-order chi connectivity index (χ1) is 10.6. The van der Waals surface area contributed by atoms with E-state index in [2.05, 4.69) is 49.1 Å². The van der Waals surface area contributed by atoms with Crippen molar-refractivity contribution in [1.29, 1.82) is 0 Å². The van der Waals surface area contributed by atoms with Crippen molar-refractivity contribution in [2.24, 2.45) is 11.7 Å². The number of carbonyl (C=O) groups excluding carboxylic acids is 1. The Kier molecular flexibility index (Phi) is 6.06. The summed E-state index contributed by atoms with van der Waals surface area (Å²) in [5, 5.41) is 0. The summed E-state index contributed by atoms with van der Waals surface area (Å²) in [4.78, 5) is 17.0. The predicted molar refractivity (Wildman–Crippen MR) is 95.8 cm³/mol. The minimum atomic E-state index is 0. The van der Waals surface area contributed by atoms with E-state index in [0.29, 0.717) is 30.3 Å². The van der Waals surface area contributed by atoms with Crippen LogP contribution in [0.1, 0.15) is 31.7 Å². The Morgan fingerprint density at radius 1 is 1.22 bits per heavy atom. The van der Waals surface area contributed by atoms with E-state index in [1.807, 2.05) is 4.90 Å². The van der Waals surface area contributed by atoms with E-state index >= 15 is 0 Å². The minimum absolute atomic E-state index is 0. The number of hydrogen-bond donors (Lipinski definition) is 1. The highest BCUT2D eigenvalue weighted by molar-refractivity contribution is 5.85. The van der Waals surface area contributed by atoms with E-state index in [-0.39, 0.29) is 18.4 Å². The molecule has 1 unspecified atom stereocenters. The SMILES string of the molecule is CC(C)N1CCC(N2C[C@@H](CN)[C@H](c3ccccc3)C2)C1=O.Cl. The Bertz CT molecular complexity index is 522. The molecule has 2 N–H and O–H groups in total. The zero-order valence-electron chi connectivity index (χ0n) is 14.0. The molecule has 2 fully saturated rings. The van der Waals surface area contributed by atoms with Gasteiger partial charge in [0, 0.05) is 31.6 Å². The lowest BCUT2D eigenvalue weighted by Crippen LogP contribution is -2.42. The molecule has 0 bridgehead atoms.